The highest BCUT2D eigenvalue weighted by Gasteiger charge is 2.11. The van der Waals surface area contributed by atoms with Crippen molar-refractivity contribution in [2.75, 3.05) is 25.6 Å². The Hall–Kier alpha value is -2.54. The van der Waals surface area contributed by atoms with E-state index in [9.17, 15) is 9.18 Å². The van der Waals surface area contributed by atoms with Gasteiger partial charge in [0.15, 0.2) is 0 Å². The zero-order valence-corrected chi connectivity index (χ0v) is 13.1. The first kappa shape index (κ1) is 16.8. The summed E-state index contributed by atoms with van der Waals surface area (Å²) in [5.74, 6) is -0.538. The van der Waals surface area contributed by atoms with Gasteiger partial charge in [-0.25, -0.2) is 14.4 Å². The largest absolute Gasteiger partial charge is 0.385 e. The molecule has 0 saturated heterocycles. The van der Waals surface area contributed by atoms with Crippen molar-refractivity contribution in [2.45, 2.75) is 13.3 Å². The van der Waals surface area contributed by atoms with Gasteiger partial charge in [0.1, 0.15) is 11.5 Å². The molecule has 1 aromatic heterocycles. The summed E-state index contributed by atoms with van der Waals surface area (Å²) < 4.78 is 18.6. The number of halogens is 1. The summed E-state index contributed by atoms with van der Waals surface area (Å²) in [4.78, 5) is 20.4. The number of hydrogen-bond acceptors (Lipinski definition) is 5. The van der Waals surface area contributed by atoms with Crippen LogP contribution in [0.3, 0.4) is 0 Å². The number of benzene rings is 1. The van der Waals surface area contributed by atoms with E-state index in [-0.39, 0.29) is 23.2 Å². The average Bonchev–Trinajstić information content (AvgIpc) is 2.53. The van der Waals surface area contributed by atoms with Crippen LogP contribution in [0.4, 0.5) is 16.0 Å². The second-order valence-electron chi connectivity index (χ2n) is 4.93. The smallest absolute Gasteiger partial charge is 0.270 e. The van der Waals surface area contributed by atoms with E-state index in [1.54, 1.807) is 38.3 Å². The molecule has 0 atom stereocenters. The summed E-state index contributed by atoms with van der Waals surface area (Å²) >= 11 is 0. The normalized spacial score (nSPS) is 10.4. The minimum absolute atomic E-state index is 0.178. The summed E-state index contributed by atoms with van der Waals surface area (Å²) in [5, 5.41) is 5.54. The highest BCUT2D eigenvalue weighted by Crippen LogP contribution is 2.17. The van der Waals surface area contributed by atoms with Crippen LogP contribution in [0.5, 0.6) is 0 Å². The van der Waals surface area contributed by atoms with Crippen molar-refractivity contribution < 1.29 is 13.9 Å². The molecule has 2 rings (SSSR count). The van der Waals surface area contributed by atoms with Crippen LogP contribution in [0.1, 0.15) is 22.6 Å². The lowest BCUT2D eigenvalue weighted by Gasteiger charge is -2.09. The molecule has 6 nitrogen and oxygen atoms in total. The Bertz CT molecular complexity index is 679. The van der Waals surface area contributed by atoms with Gasteiger partial charge in [-0.3, -0.25) is 4.79 Å². The third-order valence-electron chi connectivity index (χ3n) is 3.02. The summed E-state index contributed by atoms with van der Waals surface area (Å²) in [6, 6.07) is 7.78. The van der Waals surface area contributed by atoms with Crippen molar-refractivity contribution in [2.24, 2.45) is 0 Å². The SMILES string of the molecule is COCCCNC(=O)c1cc(C)nc(Nc2ccccc2F)n1. The predicted molar refractivity (Wildman–Crippen MR) is 85.3 cm³/mol. The molecule has 2 aromatic rings. The first-order chi connectivity index (χ1) is 11.1. The Morgan fingerprint density at radius 1 is 1.30 bits per heavy atom. The van der Waals surface area contributed by atoms with E-state index in [2.05, 4.69) is 20.6 Å². The monoisotopic (exact) mass is 318 g/mol. The van der Waals surface area contributed by atoms with Crippen LogP contribution in [-0.4, -0.2) is 36.1 Å². The molecule has 1 aromatic carbocycles. The lowest BCUT2D eigenvalue weighted by atomic mass is 10.3. The number of rotatable bonds is 7. The third kappa shape index (κ3) is 5.00. The minimum atomic E-state index is -0.414. The van der Waals surface area contributed by atoms with Gasteiger partial charge in [-0.05, 0) is 31.5 Å². The average molecular weight is 318 g/mol. The summed E-state index contributed by atoms with van der Waals surface area (Å²) in [5.41, 5.74) is 1.10. The van der Waals surface area contributed by atoms with E-state index in [1.807, 2.05) is 0 Å². The molecule has 0 aliphatic carbocycles. The molecule has 0 saturated carbocycles. The van der Waals surface area contributed by atoms with Gasteiger partial charge in [-0.15, -0.1) is 0 Å². The molecule has 1 heterocycles. The quantitative estimate of drug-likeness (QED) is 0.767. The second-order valence-corrected chi connectivity index (χ2v) is 4.93. The van der Waals surface area contributed by atoms with Crippen LogP contribution in [0.2, 0.25) is 0 Å². The van der Waals surface area contributed by atoms with Crippen molar-refractivity contribution in [3.63, 3.8) is 0 Å². The fraction of sp³-hybridized carbons (Fsp3) is 0.312. The number of nitrogens with zero attached hydrogens (tertiary/aromatic N) is 2. The number of methoxy groups -OCH3 is 1. The van der Waals surface area contributed by atoms with Gasteiger partial charge in [-0.1, -0.05) is 12.1 Å². The maximum Gasteiger partial charge on any atom is 0.270 e. The Morgan fingerprint density at radius 2 is 2.09 bits per heavy atom. The van der Waals surface area contributed by atoms with E-state index in [0.717, 1.165) is 0 Å². The van der Waals surface area contributed by atoms with E-state index in [1.165, 1.54) is 6.07 Å². The van der Waals surface area contributed by atoms with E-state index >= 15 is 0 Å². The predicted octanol–water partition coefficient (Wildman–Crippen LogP) is 2.43. The van der Waals surface area contributed by atoms with Gasteiger partial charge in [0.2, 0.25) is 5.95 Å². The van der Waals surface area contributed by atoms with Gasteiger partial charge in [0.05, 0.1) is 5.69 Å². The highest BCUT2D eigenvalue weighted by molar-refractivity contribution is 5.92. The third-order valence-corrected chi connectivity index (χ3v) is 3.02. The Morgan fingerprint density at radius 3 is 2.83 bits per heavy atom. The Kier molecular flexibility index (Phi) is 5.99. The molecule has 1 amide bonds. The molecule has 0 spiro atoms. The van der Waals surface area contributed by atoms with Crippen LogP contribution in [0, 0.1) is 12.7 Å². The first-order valence-electron chi connectivity index (χ1n) is 7.24. The van der Waals surface area contributed by atoms with Crippen molar-refractivity contribution in [1.29, 1.82) is 0 Å². The Balaban J connectivity index is 2.09. The van der Waals surface area contributed by atoms with Crippen LogP contribution in [0.15, 0.2) is 30.3 Å². The maximum absolute atomic E-state index is 13.7. The van der Waals surface area contributed by atoms with Gasteiger partial charge >= 0.3 is 0 Å². The molecule has 0 aliphatic heterocycles. The van der Waals surface area contributed by atoms with Gasteiger partial charge < -0.3 is 15.4 Å². The number of anilines is 2. The molecule has 0 unspecified atom stereocenters. The zero-order valence-electron chi connectivity index (χ0n) is 13.1. The molecular weight excluding hydrogens is 299 g/mol. The van der Waals surface area contributed by atoms with E-state index in [0.29, 0.717) is 25.3 Å². The van der Waals surface area contributed by atoms with Crippen molar-refractivity contribution >= 4 is 17.5 Å². The molecule has 0 bridgehead atoms. The topological polar surface area (TPSA) is 76.1 Å². The molecule has 2 N–H and O–H groups in total. The Labute approximate surface area is 134 Å². The molecule has 122 valence electrons. The van der Waals surface area contributed by atoms with Gasteiger partial charge in [0, 0.05) is 26.0 Å². The number of nitrogens with one attached hydrogen (secondary N) is 2. The first-order valence-corrected chi connectivity index (χ1v) is 7.24. The maximum atomic E-state index is 13.7. The van der Waals surface area contributed by atoms with Crippen molar-refractivity contribution in [3.8, 4) is 0 Å². The minimum Gasteiger partial charge on any atom is -0.385 e. The summed E-state index contributed by atoms with van der Waals surface area (Å²) in [7, 11) is 1.61. The number of para-hydroxylation sites is 1. The molecule has 0 fully saturated rings. The van der Waals surface area contributed by atoms with Crippen LogP contribution >= 0.6 is 0 Å². The lowest BCUT2D eigenvalue weighted by molar-refractivity contribution is 0.0943. The van der Waals surface area contributed by atoms with Crippen molar-refractivity contribution in [3.05, 3.63) is 47.5 Å². The summed E-state index contributed by atoms with van der Waals surface area (Å²) in [6.45, 7) is 2.81. The highest BCUT2D eigenvalue weighted by atomic mass is 19.1. The molecule has 7 heteroatoms. The van der Waals surface area contributed by atoms with Crippen LogP contribution in [-0.2, 0) is 4.74 Å². The number of aryl methyl sites for hydroxylation is 1. The lowest BCUT2D eigenvalue weighted by Crippen LogP contribution is -2.26. The summed E-state index contributed by atoms with van der Waals surface area (Å²) in [6.07, 6.45) is 0.715. The number of aromatic nitrogens is 2. The number of hydrogen-bond donors (Lipinski definition) is 2. The van der Waals surface area contributed by atoms with E-state index < -0.39 is 5.82 Å². The molecule has 0 radical (unpaired) electrons. The number of ether oxygens (including phenoxy) is 1. The molecule has 0 aliphatic rings. The standard InChI is InChI=1S/C16H19FN4O2/c1-11-10-14(15(22)18-8-5-9-23-2)21-16(19-11)20-13-7-4-3-6-12(13)17/h3-4,6-7,10H,5,8-9H2,1-2H3,(H,18,22)(H,19,20,21). The second kappa shape index (κ2) is 8.19. The fourth-order valence-electron chi connectivity index (χ4n) is 1.93. The number of carbonyl (C=O) groups excluding carboxylic acids is 1. The zero-order chi connectivity index (χ0) is 16.7. The van der Waals surface area contributed by atoms with Gasteiger partial charge in [-0.2, -0.15) is 0 Å². The number of carbonyl (C=O) groups is 1. The molecule has 23 heavy (non-hydrogen) atoms. The van der Waals surface area contributed by atoms with Gasteiger partial charge in [0.25, 0.3) is 5.91 Å². The molecular formula is C16H19FN4O2. The van der Waals surface area contributed by atoms with E-state index in [4.69, 9.17) is 4.74 Å². The van der Waals surface area contributed by atoms with Crippen LogP contribution < -0.4 is 10.6 Å². The van der Waals surface area contributed by atoms with Crippen molar-refractivity contribution in [1.82, 2.24) is 15.3 Å². The fourth-order valence-corrected chi connectivity index (χ4v) is 1.93. The van der Waals surface area contributed by atoms with Crippen LogP contribution in [0.25, 0.3) is 0 Å². The number of amides is 1.